The predicted molar refractivity (Wildman–Crippen MR) is 127 cm³/mol. The number of thiophene rings is 1. The summed E-state index contributed by atoms with van der Waals surface area (Å²) >= 11 is 1.66. The van der Waals surface area contributed by atoms with E-state index >= 15 is 0 Å². The summed E-state index contributed by atoms with van der Waals surface area (Å²) < 4.78 is 6.13. The van der Waals surface area contributed by atoms with Gasteiger partial charge in [-0.05, 0) is 73.1 Å². The van der Waals surface area contributed by atoms with Gasteiger partial charge in [0.1, 0.15) is 5.75 Å². The Hall–Kier alpha value is -2.96. The van der Waals surface area contributed by atoms with E-state index in [9.17, 15) is 9.59 Å². The van der Waals surface area contributed by atoms with E-state index in [1.807, 2.05) is 29.6 Å². The first-order valence-electron chi connectivity index (χ1n) is 11.0. The lowest BCUT2D eigenvalue weighted by atomic mass is 9.99. The average molecular weight is 450 g/mol. The Morgan fingerprint density at radius 1 is 1.06 bits per heavy atom. The SMILES string of the molecule is O=C(O)c1ccc(C(=O)Cc2cc(-c3cccs3)ccc2OCCC2CCCCN2)cc1. The number of carboxylic acid groups (broad SMARTS) is 1. The molecule has 166 valence electrons. The van der Waals surface area contributed by atoms with Crippen molar-refractivity contribution < 1.29 is 19.4 Å². The molecule has 4 rings (SSSR count). The van der Waals surface area contributed by atoms with Crippen LogP contribution in [0.25, 0.3) is 10.4 Å². The number of benzene rings is 2. The van der Waals surface area contributed by atoms with Crippen molar-refractivity contribution in [3.63, 3.8) is 0 Å². The fourth-order valence-corrected chi connectivity index (χ4v) is 4.73. The molecule has 0 saturated carbocycles. The molecule has 0 spiro atoms. The molecule has 5 nitrogen and oxygen atoms in total. The first-order chi connectivity index (χ1) is 15.6. The van der Waals surface area contributed by atoms with Crippen molar-refractivity contribution in [1.29, 1.82) is 0 Å². The molecule has 32 heavy (non-hydrogen) atoms. The maximum Gasteiger partial charge on any atom is 0.335 e. The highest BCUT2D eigenvalue weighted by Crippen LogP contribution is 2.31. The van der Waals surface area contributed by atoms with Gasteiger partial charge in [-0.25, -0.2) is 4.79 Å². The minimum absolute atomic E-state index is 0.0657. The van der Waals surface area contributed by atoms with Crippen molar-refractivity contribution in [2.45, 2.75) is 38.1 Å². The Kier molecular flexibility index (Phi) is 7.35. The molecule has 1 aliphatic heterocycles. The lowest BCUT2D eigenvalue weighted by Crippen LogP contribution is -2.35. The second kappa shape index (κ2) is 10.6. The quantitative estimate of drug-likeness (QED) is 0.425. The van der Waals surface area contributed by atoms with Crippen molar-refractivity contribution >= 4 is 23.1 Å². The van der Waals surface area contributed by atoms with Gasteiger partial charge in [0, 0.05) is 28.5 Å². The summed E-state index contributed by atoms with van der Waals surface area (Å²) in [6.45, 7) is 1.67. The highest BCUT2D eigenvalue weighted by Gasteiger charge is 2.16. The number of ether oxygens (including phenoxy) is 1. The van der Waals surface area contributed by atoms with Crippen molar-refractivity contribution in [3.8, 4) is 16.2 Å². The monoisotopic (exact) mass is 449 g/mol. The van der Waals surface area contributed by atoms with Crippen LogP contribution >= 0.6 is 11.3 Å². The number of ketones is 1. The Balaban J connectivity index is 1.50. The van der Waals surface area contributed by atoms with E-state index in [0.717, 1.165) is 34.7 Å². The molecule has 1 fully saturated rings. The van der Waals surface area contributed by atoms with Gasteiger partial charge in [-0.2, -0.15) is 0 Å². The Labute approximate surface area is 192 Å². The average Bonchev–Trinajstić information content (AvgIpc) is 3.36. The number of carbonyl (C=O) groups excluding carboxylic acids is 1. The van der Waals surface area contributed by atoms with Crippen LogP contribution in [0.3, 0.4) is 0 Å². The number of hydrogen-bond donors (Lipinski definition) is 2. The van der Waals surface area contributed by atoms with E-state index < -0.39 is 5.97 Å². The van der Waals surface area contributed by atoms with Gasteiger partial charge in [-0.15, -0.1) is 11.3 Å². The predicted octanol–water partition coefficient (Wildman–Crippen LogP) is 5.45. The minimum Gasteiger partial charge on any atom is -0.493 e. The second-order valence-electron chi connectivity index (χ2n) is 8.07. The van der Waals surface area contributed by atoms with Gasteiger partial charge >= 0.3 is 5.97 Å². The number of piperidine rings is 1. The molecule has 1 saturated heterocycles. The molecular weight excluding hydrogens is 422 g/mol. The number of carbonyl (C=O) groups is 2. The topological polar surface area (TPSA) is 75.6 Å². The molecule has 0 radical (unpaired) electrons. The summed E-state index contributed by atoms with van der Waals surface area (Å²) in [7, 11) is 0. The second-order valence-corrected chi connectivity index (χ2v) is 9.01. The summed E-state index contributed by atoms with van der Waals surface area (Å²) in [6, 6.07) is 16.7. The van der Waals surface area contributed by atoms with Crippen molar-refractivity contribution in [3.05, 3.63) is 76.7 Å². The zero-order valence-electron chi connectivity index (χ0n) is 17.9. The number of carboxylic acids is 1. The smallest absolute Gasteiger partial charge is 0.335 e. The molecule has 2 heterocycles. The third-order valence-corrected chi connectivity index (χ3v) is 6.73. The third-order valence-electron chi connectivity index (χ3n) is 5.81. The van der Waals surface area contributed by atoms with Crippen LogP contribution in [0.1, 0.15) is 52.0 Å². The van der Waals surface area contributed by atoms with Gasteiger partial charge in [0.05, 0.1) is 12.2 Å². The third kappa shape index (κ3) is 5.64. The standard InChI is InChI=1S/C26H27NO4S/c28-23(18-6-8-19(9-7-18)26(29)30)17-21-16-20(25-5-3-15-32-25)10-11-24(21)31-14-12-22-4-1-2-13-27-22/h3,5-11,15-16,22,27H,1-2,4,12-14,17H2,(H,29,30). The number of Topliss-reactive ketones (excluding diaryl/α,β-unsaturated/α-hetero) is 1. The molecule has 1 unspecified atom stereocenters. The van der Waals surface area contributed by atoms with Gasteiger partial charge in [-0.1, -0.05) is 24.6 Å². The molecule has 0 amide bonds. The van der Waals surface area contributed by atoms with Gasteiger partial charge in [0.2, 0.25) is 0 Å². The fourth-order valence-electron chi connectivity index (χ4n) is 4.01. The maximum absolute atomic E-state index is 13.0. The van der Waals surface area contributed by atoms with Gasteiger partial charge in [-0.3, -0.25) is 4.79 Å². The van der Waals surface area contributed by atoms with E-state index in [2.05, 4.69) is 11.4 Å². The Morgan fingerprint density at radius 3 is 2.56 bits per heavy atom. The van der Waals surface area contributed by atoms with Crippen LogP contribution in [0, 0.1) is 0 Å². The lowest BCUT2D eigenvalue weighted by molar-refractivity contribution is 0.0696. The van der Waals surface area contributed by atoms with Gasteiger partial charge in [0.25, 0.3) is 0 Å². The zero-order valence-corrected chi connectivity index (χ0v) is 18.7. The number of aromatic carboxylic acids is 1. The van der Waals surface area contributed by atoms with Gasteiger partial charge in [0.15, 0.2) is 5.78 Å². The Bertz CT molecular complexity index is 1050. The van der Waals surface area contributed by atoms with Crippen LogP contribution in [0.2, 0.25) is 0 Å². The largest absolute Gasteiger partial charge is 0.493 e. The van der Waals surface area contributed by atoms with E-state index in [-0.39, 0.29) is 17.8 Å². The molecule has 1 aliphatic rings. The molecule has 6 heteroatoms. The van der Waals surface area contributed by atoms with Crippen LogP contribution in [0.4, 0.5) is 0 Å². The van der Waals surface area contributed by atoms with Crippen molar-refractivity contribution in [2.75, 3.05) is 13.2 Å². The maximum atomic E-state index is 13.0. The number of rotatable bonds is 9. The van der Waals surface area contributed by atoms with E-state index in [1.165, 1.54) is 31.4 Å². The number of hydrogen-bond acceptors (Lipinski definition) is 5. The van der Waals surface area contributed by atoms with Crippen LogP contribution in [0.15, 0.2) is 60.0 Å². The number of nitrogens with one attached hydrogen (secondary N) is 1. The summed E-state index contributed by atoms with van der Waals surface area (Å²) in [5.74, 6) is -0.337. The molecule has 0 aliphatic carbocycles. The summed E-state index contributed by atoms with van der Waals surface area (Å²) in [5, 5.41) is 14.7. The highest BCUT2D eigenvalue weighted by atomic mass is 32.1. The summed E-state index contributed by atoms with van der Waals surface area (Å²) in [4.78, 5) is 25.2. The van der Waals surface area contributed by atoms with Crippen LogP contribution in [-0.4, -0.2) is 36.1 Å². The molecule has 3 aromatic rings. The molecule has 0 bridgehead atoms. The fraction of sp³-hybridized carbons (Fsp3) is 0.308. The van der Waals surface area contributed by atoms with Crippen molar-refractivity contribution in [2.24, 2.45) is 0 Å². The van der Waals surface area contributed by atoms with E-state index in [1.54, 1.807) is 23.5 Å². The van der Waals surface area contributed by atoms with E-state index in [0.29, 0.717) is 18.2 Å². The molecule has 2 aromatic carbocycles. The Morgan fingerprint density at radius 2 is 1.88 bits per heavy atom. The molecule has 1 aromatic heterocycles. The summed E-state index contributed by atoms with van der Waals surface area (Å²) in [5.41, 5.74) is 2.57. The molecule has 1 atom stereocenters. The highest BCUT2D eigenvalue weighted by molar-refractivity contribution is 7.13. The minimum atomic E-state index is -1.00. The zero-order chi connectivity index (χ0) is 22.3. The normalized spacial score (nSPS) is 15.9. The first kappa shape index (κ1) is 22.2. The summed E-state index contributed by atoms with van der Waals surface area (Å²) in [6.07, 6.45) is 4.81. The lowest BCUT2D eigenvalue weighted by Gasteiger charge is -2.23. The van der Waals surface area contributed by atoms with Gasteiger partial charge < -0.3 is 15.2 Å². The van der Waals surface area contributed by atoms with Crippen LogP contribution in [-0.2, 0) is 6.42 Å². The van der Waals surface area contributed by atoms with E-state index in [4.69, 9.17) is 9.84 Å². The first-order valence-corrected chi connectivity index (χ1v) is 11.9. The van der Waals surface area contributed by atoms with Crippen LogP contribution < -0.4 is 10.1 Å². The van der Waals surface area contributed by atoms with Crippen molar-refractivity contribution in [1.82, 2.24) is 5.32 Å². The molecular formula is C26H27NO4S. The molecule has 2 N–H and O–H groups in total. The van der Waals surface area contributed by atoms with Crippen LogP contribution in [0.5, 0.6) is 5.75 Å².